The number of aryl methyl sites for hydroxylation is 1. The molecule has 0 fully saturated rings. The second kappa shape index (κ2) is 15.4. The molecule has 0 heterocycles. The maximum absolute atomic E-state index is 14.0. The van der Waals surface area contributed by atoms with Crippen molar-refractivity contribution in [2.24, 2.45) is 0 Å². The molecule has 1 aliphatic carbocycles. The van der Waals surface area contributed by atoms with Gasteiger partial charge in [-0.2, -0.15) is 42.5 Å². The molecular weight excluding hydrogens is 688 g/mol. The minimum atomic E-state index is -2.42. The molecule has 0 nitrogen and oxygen atoms in total. The normalized spacial score (nSPS) is 12.5. The van der Waals surface area contributed by atoms with Crippen molar-refractivity contribution in [2.75, 3.05) is 0 Å². The maximum Gasteiger partial charge on any atom is 2.00 e. The average Bonchev–Trinajstić information content (AvgIpc) is 3.66. The number of hydrogen-bond acceptors (Lipinski definition) is 0. The molecule has 0 aliphatic heterocycles. The quantitative estimate of drug-likeness (QED) is 0.0568. The first-order valence-electron chi connectivity index (χ1n) is 12.6. The number of allylic oxidation sites excluding steroid dienone is 4. The van der Waals surface area contributed by atoms with E-state index in [-0.39, 0.29) is 26.2 Å². The predicted octanol–water partition coefficient (Wildman–Crippen LogP) is 8.58. The summed E-state index contributed by atoms with van der Waals surface area (Å²) < 4.78 is 135. The van der Waals surface area contributed by atoms with Crippen LogP contribution in [0.3, 0.4) is 0 Å². The van der Waals surface area contributed by atoms with Gasteiger partial charge in [0.2, 0.25) is 0 Å². The summed E-state index contributed by atoms with van der Waals surface area (Å²) in [5, 5.41) is 2.69. The van der Waals surface area contributed by atoms with Crippen molar-refractivity contribution in [1.29, 1.82) is 0 Å². The van der Waals surface area contributed by atoms with Gasteiger partial charge in [-0.05, 0) is 0 Å². The van der Waals surface area contributed by atoms with Crippen LogP contribution in [-0.4, -0.2) is 12.4 Å². The third kappa shape index (κ3) is 7.67. The van der Waals surface area contributed by atoms with Gasteiger partial charge in [0.1, 0.15) is 0 Å². The molecule has 0 spiro atoms. The monoisotopic (exact) mass is 704 g/mol. The van der Waals surface area contributed by atoms with Crippen LogP contribution in [0.25, 0.3) is 16.3 Å². The van der Waals surface area contributed by atoms with Gasteiger partial charge < -0.3 is 0 Å². The Morgan fingerprint density at radius 3 is 1.62 bits per heavy atom. The maximum atomic E-state index is 14.0. The summed E-state index contributed by atoms with van der Waals surface area (Å²) in [5.41, 5.74) is -2.78. The van der Waals surface area contributed by atoms with Crippen LogP contribution in [-0.2, 0) is 26.2 Å². The van der Waals surface area contributed by atoms with E-state index in [1.54, 1.807) is 0 Å². The average molecular weight is 706 g/mol. The number of halogens is 10. The minimum Gasteiger partial charge on any atom is -0.184 e. The van der Waals surface area contributed by atoms with E-state index < -0.39 is 80.2 Å². The van der Waals surface area contributed by atoms with E-state index in [1.165, 1.54) is 16.3 Å². The molecule has 0 saturated carbocycles. The Bertz CT molecular complexity index is 1810. The topological polar surface area (TPSA) is 0 Å². The molecule has 0 bridgehead atoms. The summed E-state index contributed by atoms with van der Waals surface area (Å²) in [5.74, 6) is -22.8. The zero-order chi connectivity index (χ0) is 32.1. The smallest absolute Gasteiger partial charge is 0.184 e. The molecule has 0 saturated heterocycles. The second-order valence-corrected chi connectivity index (χ2v) is 9.21. The number of fused-ring (bicyclic) bond motifs is 1. The molecule has 45 heavy (non-hydrogen) atoms. The Balaban J connectivity index is 0.000000262. The molecule has 226 valence electrons. The molecule has 5 aromatic carbocycles. The largest absolute Gasteiger partial charge is 2.00 e. The van der Waals surface area contributed by atoms with Crippen molar-refractivity contribution in [2.45, 2.75) is 6.92 Å². The standard InChI is InChI=1S/C17H3BF10.C10H9.C6H5.Zr/c19-8-6(9(20)13(24)16(27)12(8)23)4-2-1-3-5(4)18-7-10(21)14(25)17(28)15(26)11(7)22;1-8-6-9-4-2-3-5-10(9)7-8;1-2-4-6-5-3-1;/h1-3H;2-7H,1H3;1-5H;/q;2*-1;+2. The van der Waals surface area contributed by atoms with Crippen LogP contribution < -0.4 is 5.46 Å². The van der Waals surface area contributed by atoms with Crippen molar-refractivity contribution in [3.05, 3.63) is 160 Å². The SMILES string of the molecule is Cc1cc2ccccc2[cH-]1.Fc1c(F)c(F)c(B=C2C=CC=C2c2c(F)c(F)c(F)c(F)c2F)c(F)c1F.[Zr+2].[c-]1ccccc1. The van der Waals surface area contributed by atoms with Gasteiger partial charge >= 0.3 is 175 Å². The Morgan fingerprint density at radius 1 is 0.622 bits per heavy atom. The summed E-state index contributed by atoms with van der Waals surface area (Å²) in [6.07, 6.45) is 2.78. The van der Waals surface area contributed by atoms with E-state index in [1.807, 2.05) is 30.3 Å². The first-order chi connectivity index (χ1) is 20.9. The number of benzene rings is 4. The number of rotatable bonds is 2. The van der Waals surface area contributed by atoms with Crippen LogP contribution in [0.5, 0.6) is 0 Å². The fraction of sp³-hybridized carbons (Fsp3) is 0.0303. The van der Waals surface area contributed by atoms with Crippen LogP contribution in [0.1, 0.15) is 11.1 Å². The van der Waals surface area contributed by atoms with E-state index in [0.29, 0.717) is 6.92 Å². The van der Waals surface area contributed by atoms with Gasteiger partial charge in [0.25, 0.3) is 0 Å². The predicted molar refractivity (Wildman–Crippen MR) is 150 cm³/mol. The Hall–Kier alpha value is -3.91. The molecule has 0 radical (unpaired) electrons. The fourth-order valence-electron chi connectivity index (χ4n) is 4.18. The van der Waals surface area contributed by atoms with E-state index in [4.69, 9.17) is 0 Å². The van der Waals surface area contributed by atoms with Crippen LogP contribution in [0.4, 0.5) is 43.9 Å². The van der Waals surface area contributed by atoms with Crippen LogP contribution in [0.15, 0.2) is 85.0 Å². The molecule has 0 unspecified atom stereocenters. The van der Waals surface area contributed by atoms with Gasteiger partial charge in [0.05, 0.1) is 0 Å². The molecule has 0 amide bonds. The van der Waals surface area contributed by atoms with Crippen molar-refractivity contribution in [1.82, 2.24) is 0 Å². The molecule has 0 N–H and O–H groups in total. The Labute approximate surface area is 270 Å². The molecule has 12 heteroatoms. The summed E-state index contributed by atoms with van der Waals surface area (Å²) in [6, 6.07) is 25.3. The third-order valence-electron chi connectivity index (χ3n) is 6.24. The van der Waals surface area contributed by atoms with E-state index in [2.05, 4.69) is 49.4 Å². The van der Waals surface area contributed by atoms with Crippen LogP contribution >= 0.6 is 0 Å². The molecule has 0 atom stereocenters. The molecular formula is C33H17BF10Zr. The van der Waals surface area contributed by atoms with Crippen molar-refractivity contribution >= 4 is 34.2 Å². The van der Waals surface area contributed by atoms with E-state index in [9.17, 15) is 43.9 Å². The minimum absolute atomic E-state index is 0. The van der Waals surface area contributed by atoms with Gasteiger partial charge in [-0.1, -0.05) is 13.0 Å². The van der Waals surface area contributed by atoms with E-state index >= 15 is 0 Å². The molecule has 1 aliphatic rings. The van der Waals surface area contributed by atoms with Gasteiger partial charge in [-0.15, -0.1) is 40.6 Å². The first kappa shape index (κ1) is 35.6. The summed E-state index contributed by atoms with van der Waals surface area (Å²) in [7, 11) is 0. The molecule has 6 rings (SSSR count). The zero-order valence-electron chi connectivity index (χ0n) is 22.9. The van der Waals surface area contributed by atoms with Crippen LogP contribution in [0.2, 0.25) is 0 Å². The third-order valence-corrected chi connectivity index (χ3v) is 6.24. The summed E-state index contributed by atoms with van der Waals surface area (Å²) in [6.45, 7) is 2.46. The zero-order valence-corrected chi connectivity index (χ0v) is 25.4. The first-order valence-corrected chi connectivity index (χ1v) is 12.6. The van der Waals surface area contributed by atoms with Gasteiger partial charge in [0.15, 0.2) is 0 Å². The Kier molecular flexibility index (Phi) is 12.2. The summed E-state index contributed by atoms with van der Waals surface area (Å²) in [4.78, 5) is 0. The Morgan fingerprint density at radius 2 is 1.13 bits per heavy atom. The fourth-order valence-corrected chi connectivity index (χ4v) is 4.18. The van der Waals surface area contributed by atoms with Gasteiger partial charge in [0, 0.05) is 0 Å². The second-order valence-electron chi connectivity index (χ2n) is 9.21. The van der Waals surface area contributed by atoms with Crippen molar-refractivity contribution < 1.29 is 70.1 Å². The van der Waals surface area contributed by atoms with Crippen molar-refractivity contribution in [3.63, 3.8) is 0 Å². The number of hydrogen-bond donors (Lipinski definition) is 0. The molecule has 0 aromatic heterocycles. The summed E-state index contributed by atoms with van der Waals surface area (Å²) >= 11 is 0. The van der Waals surface area contributed by atoms with Gasteiger partial charge in [-0.25, -0.2) is 0 Å². The molecule has 5 aromatic rings. The van der Waals surface area contributed by atoms with Gasteiger partial charge in [-0.3, -0.25) is 0 Å². The van der Waals surface area contributed by atoms with E-state index in [0.717, 1.165) is 18.2 Å². The van der Waals surface area contributed by atoms with Crippen molar-refractivity contribution in [3.8, 4) is 0 Å². The van der Waals surface area contributed by atoms with Crippen LogP contribution in [0, 0.1) is 71.2 Å².